The molecule has 0 spiro atoms. The first-order valence-electron chi connectivity index (χ1n) is 2.43. The van der Waals surface area contributed by atoms with Crippen molar-refractivity contribution >= 4 is 14.4 Å². The van der Waals surface area contributed by atoms with E-state index >= 15 is 0 Å². The van der Waals surface area contributed by atoms with Crippen LogP contribution >= 0.6 is 8.46 Å². The monoisotopic (exact) mass is 149 g/mol. The summed E-state index contributed by atoms with van der Waals surface area (Å²) in [7, 11) is -0.541. The molecule has 0 fully saturated rings. The largest absolute Gasteiger partial charge is 0.479 e. The van der Waals surface area contributed by atoms with Gasteiger partial charge in [-0.25, -0.2) is 4.79 Å². The van der Waals surface area contributed by atoms with Gasteiger partial charge < -0.3 is 10.8 Å². The SMILES string of the molecule is CCC(N)(P=O)C(=O)O. The van der Waals surface area contributed by atoms with E-state index in [2.05, 4.69) is 0 Å². The van der Waals surface area contributed by atoms with Crippen molar-refractivity contribution in [1.82, 2.24) is 0 Å². The fraction of sp³-hybridized carbons (Fsp3) is 0.750. The Morgan fingerprint density at radius 1 is 1.89 bits per heavy atom. The number of rotatable bonds is 3. The van der Waals surface area contributed by atoms with Crippen molar-refractivity contribution in [2.75, 3.05) is 0 Å². The Kier molecular flexibility index (Phi) is 2.74. The van der Waals surface area contributed by atoms with Crippen molar-refractivity contribution in [3.8, 4) is 0 Å². The fourth-order valence-electron chi connectivity index (χ4n) is 0.255. The van der Waals surface area contributed by atoms with Crippen molar-refractivity contribution in [3.05, 3.63) is 0 Å². The number of hydrogen-bond acceptors (Lipinski definition) is 3. The molecular weight excluding hydrogens is 141 g/mol. The number of carbonyl (C=O) groups is 1. The number of carboxylic acid groups (broad SMARTS) is 1. The second-order valence-corrected chi connectivity index (χ2v) is 2.65. The van der Waals surface area contributed by atoms with Gasteiger partial charge >= 0.3 is 5.97 Å². The standard InChI is InChI=1S/C4H8NO3P/c1-2-4(5,9-8)3(6)7/h2,5H2,1H3,(H,6,7). The van der Waals surface area contributed by atoms with E-state index < -0.39 is 19.7 Å². The molecule has 0 radical (unpaired) electrons. The maximum atomic E-state index is 10.2. The summed E-state index contributed by atoms with van der Waals surface area (Å²) in [5.74, 6) is -1.23. The van der Waals surface area contributed by atoms with E-state index in [-0.39, 0.29) is 6.42 Å². The first-order valence-corrected chi connectivity index (χ1v) is 3.25. The van der Waals surface area contributed by atoms with Crippen molar-refractivity contribution in [2.45, 2.75) is 18.6 Å². The average molecular weight is 149 g/mol. The molecule has 0 aliphatic rings. The van der Waals surface area contributed by atoms with Gasteiger partial charge in [-0.15, -0.1) is 0 Å². The van der Waals surface area contributed by atoms with E-state index in [1.54, 1.807) is 6.92 Å². The van der Waals surface area contributed by atoms with Crippen molar-refractivity contribution in [1.29, 1.82) is 0 Å². The molecule has 0 aliphatic heterocycles. The summed E-state index contributed by atoms with van der Waals surface area (Å²) in [5.41, 5.74) is 5.11. The third-order valence-electron chi connectivity index (χ3n) is 1.07. The minimum atomic E-state index is -1.58. The van der Waals surface area contributed by atoms with Gasteiger partial charge in [-0.05, 0) is 6.42 Å². The Morgan fingerprint density at radius 2 is 2.33 bits per heavy atom. The summed E-state index contributed by atoms with van der Waals surface area (Å²) < 4.78 is 10.1. The lowest BCUT2D eigenvalue weighted by atomic mass is 10.2. The lowest BCUT2D eigenvalue weighted by Gasteiger charge is -2.11. The van der Waals surface area contributed by atoms with Crippen LogP contribution in [0.2, 0.25) is 0 Å². The molecule has 1 atom stereocenters. The molecule has 9 heavy (non-hydrogen) atoms. The van der Waals surface area contributed by atoms with Gasteiger partial charge in [0.25, 0.3) is 0 Å². The maximum Gasteiger partial charge on any atom is 0.335 e. The summed E-state index contributed by atoms with van der Waals surface area (Å²) in [4.78, 5) is 10.2. The van der Waals surface area contributed by atoms with Crippen LogP contribution < -0.4 is 5.73 Å². The molecular formula is C4H8NO3P. The zero-order valence-corrected chi connectivity index (χ0v) is 5.89. The number of hydrogen-bond donors (Lipinski definition) is 2. The highest BCUT2D eigenvalue weighted by Gasteiger charge is 2.32. The van der Waals surface area contributed by atoms with E-state index in [9.17, 15) is 9.36 Å². The van der Waals surface area contributed by atoms with Gasteiger partial charge in [-0.3, -0.25) is 4.57 Å². The summed E-state index contributed by atoms with van der Waals surface area (Å²) in [5, 5.41) is 6.72. The van der Waals surface area contributed by atoms with Crippen molar-refractivity contribution < 1.29 is 14.5 Å². The van der Waals surface area contributed by atoms with Crippen LogP contribution in [0.4, 0.5) is 0 Å². The van der Waals surface area contributed by atoms with E-state index in [1.165, 1.54) is 0 Å². The van der Waals surface area contributed by atoms with Gasteiger partial charge in [-0.2, -0.15) is 0 Å². The average Bonchev–Trinajstić information content (AvgIpc) is 1.86. The molecule has 0 amide bonds. The van der Waals surface area contributed by atoms with Gasteiger partial charge in [0.1, 0.15) is 0 Å². The molecule has 0 aliphatic carbocycles. The summed E-state index contributed by atoms with van der Waals surface area (Å²) >= 11 is 0. The summed E-state index contributed by atoms with van der Waals surface area (Å²) in [6, 6.07) is 0. The van der Waals surface area contributed by atoms with Crippen molar-refractivity contribution in [3.63, 3.8) is 0 Å². The van der Waals surface area contributed by atoms with Crippen LogP contribution in [0, 0.1) is 0 Å². The number of nitrogens with two attached hydrogens (primary N) is 1. The molecule has 3 N–H and O–H groups in total. The van der Waals surface area contributed by atoms with E-state index in [1.807, 2.05) is 0 Å². The number of carboxylic acids is 1. The van der Waals surface area contributed by atoms with Gasteiger partial charge in [0.15, 0.2) is 13.7 Å². The van der Waals surface area contributed by atoms with Crippen LogP contribution in [0.1, 0.15) is 13.3 Å². The smallest absolute Gasteiger partial charge is 0.335 e. The predicted octanol–water partition coefficient (Wildman–Crippen LogP) is 0.428. The second kappa shape index (κ2) is 2.90. The molecule has 0 aromatic heterocycles. The quantitative estimate of drug-likeness (QED) is 0.570. The van der Waals surface area contributed by atoms with E-state index in [0.29, 0.717) is 0 Å². The van der Waals surface area contributed by atoms with Gasteiger partial charge in [0.05, 0.1) is 0 Å². The molecule has 0 heterocycles. The lowest BCUT2D eigenvalue weighted by molar-refractivity contribution is -0.140. The molecule has 4 nitrogen and oxygen atoms in total. The van der Waals surface area contributed by atoms with Gasteiger partial charge in [-0.1, -0.05) is 6.92 Å². The maximum absolute atomic E-state index is 10.2. The summed E-state index contributed by atoms with van der Waals surface area (Å²) in [6.07, 6.45) is 0.160. The third kappa shape index (κ3) is 1.73. The van der Waals surface area contributed by atoms with Crippen LogP contribution in [0.15, 0.2) is 0 Å². The molecule has 0 rings (SSSR count). The molecule has 1 unspecified atom stereocenters. The minimum absolute atomic E-state index is 0.160. The minimum Gasteiger partial charge on any atom is -0.479 e. The van der Waals surface area contributed by atoms with Crippen LogP contribution in [-0.2, 0) is 9.36 Å². The Balaban J connectivity index is 4.27. The molecule has 5 heteroatoms. The predicted molar refractivity (Wildman–Crippen MR) is 32.5 cm³/mol. The van der Waals surface area contributed by atoms with Gasteiger partial charge in [0, 0.05) is 0 Å². The Morgan fingerprint density at radius 3 is 2.33 bits per heavy atom. The fourth-order valence-corrected chi connectivity index (χ4v) is 0.462. The first-order chi connectivity index (χ1) is 4.06. The summed E-state index contributed by atoms with van der Waals surface area (Å²) in [6.45, 7) is 1.57. The topological polar surface area (TPSA) is 80.4 Å². The van der Waals surface area contributed by atoms with Crippen LogP contribution in [0.3, 0.4) is 0 Å². The molecule has 0 aromatic rings. The lowest BCUT2D eigenvalue weighted by Crippen LogP contribution is -2.41. The zero-order valence-electron chi connectivity index (χ0n) is 5.00. The Bertz CT molecular complexity index is 138. The molecule has 52 valence electrons. The second-order valence-electron chi connectivity index (χ2n) is 1.67. The highest BCUT2D eigenvalue weighted by molar-refractivity contribution is 7.27. The molecule has 0 saturated heterocycles. The Labute approximate surface area is 54.2 Å². The van der Waals surface area contributed by atoms with Crippen molar-refractivity contribution in [2.24, 2.45) is 5.73 Å². The highest BCUT2D eigenvalue weighted by atomic mass is 31.1. The number of aliphatic carboxylic acids is 1. The van der Waals surface area contributed by atoms with E-state index in [4.69, 9.17) is 10.8 Å². The Hall–Kier alpha value is -0.470. The highest BCUT2D eigenvalue weighted by Crippen LogP contribution is 2.19. The third-order valence-corrected chi connectivity index (χ3v) is 1.91. The molecule has 0 aromatic carbocycles. The van der Waals surface area contributed by atoms with E-state index in [0.717, 1.165) is 0 Å². The first kappa shape index (κ1) is 8.53. The van der Waals surface area contributed by atoms with Crippen LogP contribution in [0.5, 0.6) is 0 Å². The van der Waals surface area contributed by atoms with Crippen LogP contribution in [0.25, 0.3) is 0 Å². The van der Waals surface area contributed by atoms with Crippen LogP contribution in [-0.4, -0.2) is 16.4 Å². The normalized spacial score (nSPS) is 17.1. The van der Waals surface area contributed by atoms with Gasteiger partial charge in [0.2, 0.25) is 0 Å². The molecule has 0 bridgehead atoms. The molecule has 0 saturated carbocycles. The zero-order chi connectivity index (χ0) is 7.49.